The highest BCUT2D eigenvalue weighted by atomic mass is 32.2. The summed E-state index contributed by atoms with van der Waals surface area (Å²) in [5, 5.41) is 0. The second kappa shape index (κ2) is 19.6. The number of hydrogen-bond acceptors (Lipinski definition) is 12. The van der Waals surface area contributed by atoms with E-state index in [9.17, 15) is 18.0 Å². The maximum absolute atomic E-state index is 11.9. The van der Waals surface area contributed by atoms with Crippen LogP contribution in [0.4, 0.5) is 0 Å². The summed E-state index contributed by atoms with van der Waals surface area (Å²) >= 11 is 0. The molecule has 12 nitrogen and oxygen atoms in total. The van der Waals surface area contributed by atoms with Crippen molar-refractivity contribution in [2.24, 2.45) is 0 Å². The number of esters is 2. The van der Waals surface area contributed by atoms with Crippen molar-refractivity contribution >= 4 is 30.9 Å². The van der Waals surface area contributed by atoms with Gasteiger partial charge in [-0.25, -0.2) is 4.79 Å². The Labute approximate surface area is 209 Å². The van der Waals surface area contributed by atoms with Crippen LogP contribution in [0.5, 0.6) is 0 Å². The summed E-state index contributed by atoms with van der Waals surface area (Å²) in [6.45, 7) is 11.3. The molecule has 0 spiro atoms. The molecule has 0 radical (unpaired) electrons. The Balaban J connectivity index is 3.75. The van der Waals surface area contributed by atoms with E-state index in [1.807, 2.05) is 20.8 Å². The first-order valence-electron chi connectivity index (χ1n) is 11.6. The van der Waals surface area contributed by atoms with Gasteiger partial charge in [0.2, 0.25) is 5.76 Å². The van der Waals surface area contributed by atoms with Gasteiger partial charge >= 0.3 is 30.9 Å². The molecule has 0 fully saturated rings. The minimum absolute atomic E-state index is 0.0796. The highest BCUT2D eigenvalue weighted by Crippen LogP contribution is 2.20. The average molecular weight is 545 g/mol. The number of ether oxygens (including phenoxy) is 4. The Bertz CT molecular complexity index is 696. The molecule has 14 heteroatoms. The van der Waals surface area contributed by atoms with Crippen LogP contribution in [-0.2, 0) is 56.1 Å². The number of carbonyl (C=O) groups is 2. The molecule has 0 N–H and O–H groups in total. The van der Waals surface area contributed by atoms with Crippen molar-refractivity contribution in [2.75, 3.05) is 65.7 Å². The molecule has 0 aromatic carbocycles. The average Bonchev–Trinajstić information content (AvgIpc) is 2.77. The van der Waals surface area contributed by atoms with Crippen molar-refractivity contribution < 1.29 is 54.4 Å². The largest absolute Gasteiger partial charge is 0.500 e. The normalized spacial score (nSPS) is 11.8. The van der Waals surface area contributed by atoms with Crippen LogP contribution in [0, 0.1) is 0 Å². The molecule has 0 saturated carbocycles. The third-order valence-electron chi connectivity index (χ3n) is 4.01. The fourth-order valence-corrected chi connectivity index (χ4v) is 5.83. The lowest BCUT2D eigenvalue weighted by molar-refractivity contribution is -0.146. The number of hydrogen-bond donors (Lipinski definition) is 0. The van der Waals surface area contributed by atoms with Crippen LogP contribution in [0.15, 0.2) is 12.3 Å². The summed E-state index contributed by atoms with van der Waals surface area (Å²) in [7, 11) is -6.51. The Morgan fingerprint density at radius 2 is 1.26 bits per heavy atom. The van der Waals surface area contributed by atoms with Crippen LogP contribution < -0.4 is 0 Å². The van der Waals surface area contributed by atoms with E-state index in [0.29, 0.717) is 38.7 Å². The minimum atomic E-state index is -3.83. The maximum atomic E-state index is 11.9. The predicted molar refractivity (Wildman–Crippen MR) is 128 cm³/mol. The van der Waals surface area contributed by atoms with Gasteiger partial charge in [-0.3, -0.25) is 4.79 Å². The molecule has 0 rings (SSSR count). The molecule has 0 heterocycles. The van der Waals surface area contributed by atoms with Gasteiger partial charge in [-0.15, -0.1) is 0 Å². The van der Waals surface area contributed by atoms with Crippen molar-refractivity contribution in [3.63, 3.8) is 0 Å². The van der Waals surface area contributed by atoms with Crippen molar-refractivity contribution in [1.29, 1.82) is 0 Å². The molecule has 0 atom stereocenters. The van der Waals surface area contributed by atoms with Crippen molar-refractivity contribution in [3.8, 4) is 0 Å². The van der Waals surface area contributed by atoms with E-state index in [4.69, 9.17) is 32.2 Å². The quantitative estimate of drug-likeness (QED) is 0.0462. The van der Waals surface area contributed by atoms with Crippen molar-refractivity contribution in [3.05, 3.63) is 12.3 Å². The van der Waals surface area contributed by atoms with Crippen LogP contribution in [0.1, 0.15) is 40.0 Å². The number of carbonyl (C=O) groups excluding carboxylic acids is 2. The van der Waals surface area contributed by atoms with Crippen LogP contribution >= 0.6 is 0 Å². The molecule has 206 valence electrons. The van der Waals surface area contributed by atoms with Gasteiger partial charge in [-0.2, -0.15) is 8.42 Å². The monoisotopic (exact) mass is 544 g/mol. The minimum Gasteiger partial charge on any atom is -0.463 e. The molecular formula is C21H40O12SSi. The number of unbranched alkanes of at least 4 members (excludes halogenated alkanes) is 1. The van der Waals surface area contributed by atoms with Crippen molar-refractivity contribution in [2.45, 2.75) is 46.1 Å². The molecule has 0 unspecified atom stereocenters. The Morgan fingerprint density at radius 1 is 0.771 bits per heavy atom. The fourth-order valence-electron chi connectivity index (χ4n) is 2.71. The maximum Gasteiger partial charge on any atom is 0.500 e. The van der Waals surface area contributed by atoms with E-state index < -0.39 is 30.7 Å². The van der Waals surface area contributed by atoms with Gasteiger partial charge in [0.05, 0.1) is 32.7 Å². The standard InChI is InChI=1S/C21H40O12SSi/c1-6-30-35(31-7-2,32-8-3)18-10-9-11-20(22)28-16-14-26-12-13-27-15-17-29-21(23)19(4)33-34(5,24)25/h4,6-18H2,1-3,5H3. The Kier molecular flexibility index (Phi) is 18.7. The van der Waals surface area contributed by atoms with Crippen molar-refractivity contribution in [1.82, 2.24) is 0 Å². The zero-order valence-electron chi connectivity index (χ0n) is 21.2. The smallest absolute Gasteiger partial charge is 0.463 e. The summed E-state index contributed by atoms with van der Waals surface area (Å²) < 4.78 is 63.8. The van der Waals surface area contributed by atoms with Gasteiger partial charge in [0.25, 0.3) is 0 Å². The van der Waals surface area contributed by atoms with Crippen LogP contribution in [-0.4, -0.2) is 94.9 Å². The van der Waals surface area contributed by atoms with Gasteiger partial charge in [0.15, 0.2) is 0 Å². The topological polar surface area (TPSA) is 142 Å². The summed E-state index contributed by atoms with van der Waals surface area (Å²) in [5.74, 6) is -1.91. The van der Waals surface area contributed by atoms with Gasteiger partial charge in [-0.05, 0) is 40.2 Å². The Morgan fingerprint density at radius 3 is 1.74 bits per heavy atom. The molecule has 0 aromatic rings. The van der Waals surface area contributed by atoms with Gasteiger partial charge in [-0.1, -0.05) is 0 Å². The second-order valence-corrected chi connectivity index (χ2v) is 11.3. The molecule has 35 heavy (non-hydrogen) atoms. The molecule has 0 aliphatic rings. The first-order valence-corrected chi connectivity index (χ1v) is 15.3. The third kappa shape index (κ3) is 18.4. The van der Waals surface area contributed by atoms with E-state index in [0.717, 1.165) is 12.7 Å². The SMILES string of the molecule is C=C(OS(C)(=O)=O)C(=O)OCCOCCOCCOC(=O)CCCC[Si](OCC)(OCC)OCC. The summed E-state index contributed by atoms with van der Waals surface area (Å²) in [5.41, 5.74) is 0. The van der Waals surface area contributed by atoms with E-state index in [1.165, 1.54) is 0 Å². The van der Waals surface area contributed by atoms with E-state index >= 15 is 0 Å². The fraction of sp³-hybridized carbons (Fsp3) is 0.810. The summed E-state index contributed by atoms with van der Waals surface area (Å²) in [6.07, 6.45) is 2.47. The lowest BCUT2D eigenvalue weighted by atomic mass is 10.2. The third-order valence-corrected chi connectivity index (χ3v) is 7.67. The molecule has 0 aromatic heterocycles. The van der Waals surface area contributed by atoms with Crippen LogP contribution in [0.2, 0.25) is 6.04 Å². The molecule has 0 aliphatic heterocycles. The zero-order chi connectivity index (χ0) is 26.6. The van der Waals surface area contributed by atoms with Crippen LogP contribution in [0.25, 0.3) is 0 Å². The molecule has 0 aliphatic carbocycles. The van der Waals surface area contributed by atoms with E-state index in [1.54, 1.807) is 0 Å². The van der Waals surface area contributed by atoms with E-state index in [2.05, 4.69) is 10.8 Å². The summed E-state index contributed by atoms with van der Waals surface area (Å²) in [6, 6.07) is 0.654. The molecule has 0 bridgehead atoms. The zero-order valence-corrected chi connectivity index (χ0v) is 23.0. The molecule has 0 saturated heterocycles. The van der Waals surface area contributed by atoms with Crippen LogP contribution in [0.3, 0.4) is 0 Å². The van der Waals surface area contributed by atoms with Gasteiger partial charge in [0.1, 0.15) is 13.2 Å². The van der Waals surface area contributed by atoms with Gasteiger partial charge in [0, 0.05) is 32.3 Å². The molecule has 0 amide bonds. The Hall–Kier alpha value is -1.55. The molecular weight excluding hydrogens is 504 g/mol. The first kappa shape index (κ1) is 33.4. The lowest BCUT2D eigenvalue weighted by Crippen LogP contribution is -2.45. The highest BCUT2D eigenvalue weighted by Gasteiger charge is 2.39. The highest BCUT2D eigenvalue weighted by molar-refractivity contribution is 7.86. The van der Waals surface area contributed by atoms with E-state index in [-0.39, 0.29) is 45.6 Å². The van der Waals surface area contributed by atoms with Gasteiger partial charge < -0.3 is 36.4 Å². The summed E-state index contributed by atoms with van der Waals surface area (Å²) in [4.78, 5) is 23.3. The second-order valence-electron chi connectivity index (χ2n) is 6.98. The predicted octanol–water partition coefficient (Wildman–Crippen LogP) is 1.81. The first-order chi connectivity index (χ1) is 16.6. The lowest BCUT2D eigenvalue weighted by Gasteiger charge is -2.28. The number of rotatable bonds is 23.